The maximum absolute atomic E-state index is 8.06. The van der Waals surface area contributed by atoms with Gasteiger partial charge in [-0.1, -0.05) is 0 Å². The van der Waals surface area contributed by atoms with Gasteiger partial charge in [0.25, 0.3) is 0 Å². The quantitative estimate of drug-likeness (QED) is 0.330. The van der Waals surface area contributed by atoms with Crippen LogP contribution in [0.15, 0.2) is 0 Å². The van der Waals surface area contributed by atoms with Crippen molar-refractivity contribution in [2.45, 2.75) is 0 Å². The molecule has 0 N–H and O–H groups in total. The van der Waals surface area contributed by atoms with Crippen molar-refractivity contribution in [1.29, 1.82) is 0 Å². The zero-order valence-corrected chi connectivity index (χ0v) is 1.97. The fraction of sp³-hybridized carbons (Fsp3) is 0. The van der Waals surface area contributed by atoms with Crippen LogP contribution in [0.3, 0.4) is 0 Å². The predicted octanol–water partition coefficient (Wildman–Crippen LogP) is -1.95. The van der Waals surface area contributed by atoms with Gasteiger partial charge in [0.2, 0.25) is 0 Å². The zero-order valence-electron chi connectivity index (χ0n) is 0.786. The minimum atomic E-state index is 0. The van der Waals surface area contributed by atoms with E-state index in [0.29, 0.717) is 0 Å². The van der Waals surface area contributed by atoms with E-state index in [4.69, 9.17) is 3.83 Å². The molecule has 0 aliphatic carbocycles. The average Bonchev–Trinajstić information content (AvgIpc) is 1.00. The van der Waals surface area contributed by atoms with Crippen molar-refractivity contribution < 1.29 is 19.8 Å². The summed E-state index contributed by atoms with van der Waals surface area (Å²) in [5.74, 6) is 0. The molecule has 0 saturated carbocycles. The second kappa shape index (κ2) is 25.2. The Morgan fingerprint density at radius 3 is 1.25 bits per heavy atom. The van der Waals surface area contributed by atoms with Crippen LogP contribution in [0.25, 0.3) is 0 Å². The van der Waals surface area contributed by atoms with Crippen molar-refractivity contribution in [3.63, 3.8) is 0 Å². The first-order valence-electron chi connectivity index (χ1n) is 0.154. The summed E-state index contributed by atoms with van der Waals surface area (Å²) in [6, 6.07) is 0. The Hall–Kier alpha value is 1.45. The molecule has 0 fully saturated rings. The molecule has 0 bridgehead atoms. The summed E-state index contributed by atoms with van der Waals surface area (Å²) >= 11 is 1.69. The van der Waals surface area contributed by atoms with Crippen molar-refractivity contribution in [2.24, 2.45) is 0 Å². The third kappa shape index (κ3) is 9.85. The fourth-order valence-corrected chi connectivity index (χ4v) is 0. The number of hydrogen-bond donors (Lipinski definition) is 0. The van der Waals surface area contributed by atoms with Crippen LogP contribution in [0, 0.1) is 0 Å². The molecule has 4 heavy (non-hydrogen) atoms. The van der Waals surface area contributed by atoms with Crippen LogP contribution in [0.4, 0.5) is 0 Å². The summed E-state index contributed by atoms with van der Waals surface area (Å²) in [6.45, 7) is 0. The van der Waals surface area contributed by atoms with Crippen molar-refractivity contribution in [1.82, 2.24) is 0 Å². The molecular weight excluding hydrogens is 105 g/mol. The Bertz CT molecular complexity index is 8.00. The second-order valence-corrected chi connectivity index (χ2v) is 0. The van der Waals surface area contributed by atoms with E-state index < -0.39 is 0 Å². The third-order valence-electron chi connectivity index (χ3n) is 0. The van der Waals surface area contributed by atoms with Gasteiger partial charge in [-0.05, 0) is 0 Å². The number of rotatable bonds is 0. The Labute approximate surface area is 55.9 Å². The van der Waals surface area contributed by atoms with Gasteiger partial charge in [0.05, 0.1) is 0 Å². The number of hydrogen-bond acceptors (Lipinski definition) is 1. The summed E-state index contributed by atoms with van der Waals surface area (Å²) < 4.78 is 8.06. The van der Waals surface area contributed by atoms with Crippen LogP contribution in [0.5, 0.6) is 0 Å². The zero-order chi connectivity index (χ0) is 2.00. The van der Waals surface area contributed by atoms with E-state index >= 15 is 0 Å². The van der Waals surface area contributed by atoms with Gasteiger partial charge >= 0.3 is 38.6 Å². The van der Waals surface area contributed by atoms with Crippen molar-refractivity contribution >= 4 is 36.2 Å². The molecule has 0 aromatic rings. The molecule has 0 aromatic carbocycles. The Balaban J connectivity index is -0.00000000500. The minimum absolute atomic E-state index is 0. The molecule has 0 heterocycles. The van der Waals surface area contributed by atoms with Gasteiger partial charge in [-0.2, -0.15) is 0 Å². The second-order valence-electron chi connectivity index (χ2n) is 0. The average molecular weight is 109 g/mol. The normalized spacial score (nSPS) is 1.00. The van der Waals surface area contributed by atoms with Crippen LogP contribution in [0.2, 0.25) is 0 Å². The Morgan fingerprint density at radius 2 is 1.25 bits per heavy atom. The monoisotopic (exact) mass is 109 g/mol. The summed E-state index contributed by atoms with van der Waals surface area (Å²) in [6.07, 6.45) is 0. The molecule has 0 saturated heterocycles. The van der Waals surface area contributed by atoms with E-state index in [1.54, 1.807) is 15.9 Å². The summed E-state index contributed by atoms with van der Waals surface area (Å²) in [5, 5.41) is 0. The molecule has 0 aliphatic heterocycles. The summed E-state index contributed by atoms with van der Waals surface area (Å²) in [4.78, 5) is 0. The van der Waals surface area contributed by atoms with Crippen LogP contribution >= 0.6 is 0 Å². The molecule has 21 valence electrons. The molecule has 1 nitrogen and oxygen atoms in total. The van der Waals surface area contributed by atoms with Gasteiger partial charge in [-0.15, -0.1) is 0 Å². The molecule has 0 amide bonds. The summed E-state index contributed by atoms with van der Waals surface area (Å²) in [5.41, 5.74) is 0. The Kier molecular flexibility index (Phi) is 113. The van der Waals surface area contributed by atoms with Crippen LogP contribution in [-0.4, -0.2) is 36.2 Å². The third-order valence-corrected chi connectivity index (χ3v) is 0. The van der Waals surface area contributed by atoms with Crippen LogP contribution in [0.1, 0.15) is 0 Å². The molecule has 0 atom stereocenters. The van der Waals surface area contributed by atoms with Crippen molar-refractivity contribution in [3.8, 4) is 0 Å². The maximum atomic E-state index is 8.06. The molecule has 0 aliphatic rings. The molecule has 0 spiro atoms. The van der Waals surface area contributed by atoms with Gasteiger partial charge in [0, 0.05) is 0 Å². The molecule has 0 aromatic heterocycles. The van der Waals surface area contributed by atoms with Gasteiger partial charge in [-0.25, -0.2) is 0 Å². The molecule has 0 rings (SSSR count). The first kappa shape index (κ1) is 18.0. The van der Waals surface area contributed by atoms with E-state index in [-0.39, 0.29) is 36.2 Å². The standard InChI is InChI=1S/Al.Li.Mn.O.4H. The van der Waals surface area contributed by atoms with E-state index in [9.17, 15) is 0 Å². The van der Waals surface area contributed by atoms with E-state index in [1.807, 2.05) is 0 Å². The topological polar surface area (TPSA) is 17.1 Å². The van der Waals surface area contributed by atoms with E-state index in [2.05, 4.69) is 0 Å². The van der Waals surface area contributed by atoms with E-state index in [0.717, 1.165) is 0 Å². The SMILES string of the molecule is [AlH3].[LiH].[O]=[Mn]. The molecule has 4 heteroatoms. The summed E-state index contributed by atoms with van der Waals surface area (Å²) in [7, 11) is 0. The first-order chi connectivity index (χ1) is 1.00. The van der Waals surface area contributed by atoms with Gasteiger partial charge in [-0.3, -0.25) is 0 Å². The van der Waals surface area contributed by atoms with Crippen molar-refractivity contribution in [3.05, 3.63) is 0 Å². The molecular formula is H4AlLiMnO. The van der Waals surface area contributed by atoms with Crippen LogP contribution < -0.4 is 0 Å². The van der Waals surface area contributed by atoms with Crippen molar-refractivity contribution in [2.75, 3.05) is 0 Å². The Morgan fingerprint density at radius 1 is 1.25 bits per heavy atom. The van der Waals surface area contributed by atoms with Gasteiger partial charge < -0.3 is 0 Å². The molecule has 0 unspecified atom stereocenters. The molecule has 0 radical (unpaired) electrons. The van der Waals surface area contributed by atoms with Crippen LogP contribution in [-0.2, 0) is 19.8 Å². The fourth-order valence-electron chi connectivity index (χ4n) is 0. The van der Waals surface area contributed by atoms with E-state index in [1.165, 1.54) is 0 Å². The predicted molar refractivity (Wildman–Crippen MR) is 17.8 cm³/mol. The van der Waals surface area contributed by atoms with Gasteiger partial charge in [0.15, 0.2) is 17.4 Å². The van der Waals surface area contributed by atoms with Gasteiger partial charge in [0.1, 0.15) is 0 Å². The first-order valence-corrected chi connectivity index (χ1v) is 0.636.